The van der Waals surface area contributed by atoms with E-state index in [1.54, 1.807) is 0 Å². The molecule has 7 nitrogen and oxygen atoms in total. The third-order valence-corrected chi connectivity index (χ3v) is 5.99. The van der Waals surface area contributed by atoms with E-state index in [0.717, 1.165) is 18.6 Å². The highest BCUT2D eigenvalue weighted by molar-refractivity contribution is 5.80. The number of aliphatic carboxylic acids is 1. The number of likely N-dealkylation sites (tertiary alicyclic amines) is 1. The van der Waals surface area contributed by atoms with Crippen molar-refractivity contribution in [3.05, 3.63) is 29.8 Å². The number of hydrogen-bond acceptors (Lipinski definition) is 4. The van der Waals surface area contributed by atoms with Gasteiger partial charge in [-0.25, -0.2) is 0 Å². The molecule has 1 aromatic rings. The van der Waals surface area contributed by atoms with Crippen LogP contribution in [0.5, 0.6) is 5.75 Å². The number of rotatable bonds is 8. The van der Waals surface area contributed by atoms with Gasteiger partial charge in [0.15, 0.2) is 0 Å². The first-order valence-corrected chi connectivity index (χ1v) is 10.4. The molecular formula is C22H30N2O5. The molecule has 7 heteroatoms. The summed E-state index contributed by atoms with van der Waals surface area (Å²) in [6.45, 7) is 3.35. The minimum Gasteiger partial charge on any atom is -0.490 e. The second-order valence-corrected chi connectivity index (χ2v) is 8.23. The zero-order valence-corrected chi connectivity index (χ0v) is 17.0. The molecule has 0 saturated carbocycles. The van der Waals surface area contributed by atoms with Crippen LogP contribution in [0.15, 0.2) is 24.3 Å². The summed E-state index contributed by atoms with van der Waals surface area (Å²) >= 11 is 0. The minimum absolute atomic E-state index is 0.00376. The minimum atomic E-state index is -0.882. The Morgan fingerprint density at radius 3 is 2.41 bits per heavy atom. The third kappa shape index (κ3) is 5.95. The number of carbonyl (C=O) groups is 3. The summed E-state index contributed by atoms with van der Waals surface area (Å²) in [6.07, 6.45) is 3.87. The summed E-state index contributed by atoms with van der Waals surface area (Å²) < 4.78 is 6.02. The number of nitrogens with zero attached hydrogens (tertiary/aromatic N) is 1. The Morgan fingerprint density at radius 2 is 1.83 bits per heavy atom. The van der Waals surface area contributed by atoms with Gasteiger partial charge < -0.3 is 20.1 Å². The van der Waals surface area contributed by atoms with Crippen molar-refractivity contribution >= 4 is 17.8 Å². The fourth-order valence-electron chi connectivity index (χ4n) is 4.16. The molecule has 158 valence electrons. The number of aryl methyl sites for hydroxylation is 1. The highest BCUT2D eigenvalue weighted by atomic mass is 16.5. The fourth-order valence-corrected chi connectivity index (χ4v) is 4.16. The molecule has 2 amide bonds. The maximum atomic E-state index is 12.7. The van der Waals surface area contributed by atoms with Gasteiger partial charge in [-0.1, -0.05) is 17.7 Å². The number of piperidine rings is 1. The zero-order chi connectivity index (χ0) is 20.9. The molecule has 0 bridgehead atoms. The van der Waals surface area contributed by atoms with Crippen molar-refractivity contribution in [3.63, 3.8) is 0 Å². The summed E-state index contributed by atoms with van der Waals surface area (Å²) in [5, 5.41) is 11.9. The second-order valence-electron chi connectivity index (χ2n) is 8.23. The molecule has 0 radical (unpaired) electrons. The molecule has 2 aliphatic heterocycles. The number of nitrogens with one attached hydrogen (secondary N) is 1. The average Bonchev–Trinajstić information content (AvgIpc) is 3.08. The van der Waals surface area contributed by atoms with Crippen molar-refractivity contribution in [1.82, 2.24) is 10.2 Å². The number of benzene rings is 1. The van der Waals surface area contributed by atoms with E-state index < -0.39 is 11.5 Å². The van der Waals surface area contributed by atoms with Crippen LogP contribution in [0.1, 0.15) is 56.9 Å². The van der Waals surface area contributed by atoms with Gasteiger partial charge in [-0.3, -0.25) is 14.4 Å². The first-order valence-electron chi connectivity index (χ1n) is 10.4. The van der Waals surface area contributed by atoms with Crippen molar-refractivity contribution in [2.45, 2.75) is 69.9 Å². The smallest absolute Gasteiger partial charge is 0.303 e. The van der Waals surface area contributed by atoms with E-state index in [9.17, 15) is 14.4 Å². The number of ether oxygens (including phenoxy) is 1. The zero-order valence-electron chi connectivity index (χ0n) is 17.0. The Labute approximate surface area is 171 Å². The van der Waals surface area contributed by atoms with Gasteiger partial charge in [0.1, 0.15) is 11.9 Å². The molecule has 3 rings (SSSR count). The number of hydrogen-bond donors (Lipinski definition) is 2. The van der Waals surface area contributed by atoms with Crippen LogP contribution in [-0.2, 0) is 14.4 Å². The average molecular weight is 402 g/mol. The maximum absolute atomic E-state index is 12.7. The number of amides is 2. The van der Waals surface area contributed by atoms with Gasteiger partial charge in [0.25, 0.3) is 0 Å². The summed E-state index contributed by atoms with van der Waals surface area (Å²) in [7, 11) is 0. The highest BCUT2D eigenvalue weighted by Gasteiger charge is 2.38. The molecule has 2 N–H and O–H groups in total. The summed E-state index contributed by atoms with van der Waals surface area (Å²) in [6, 6.07) is 7.99. The van der Waals surface area contributed by atoms with Gasteiger partial charge in [0.2, 0.25) is 11.8 Å². The predicted molar refractivity (Wildman–Crippen MR) is 108 cm³/mol. The van der Waals surface area contributed by atoms with Crippen LogP contribution in [0.3, 0.4) is 0 Å². The van der Waals surface area contributed by atoms with Gasteiger partial charge in [-0.2, -0.15) is 0 Å². The van der Waals surface area contributed by atoms with Gasteiger partial charge in [0.05, 0.1) is 0 Å². The molecule has 2 heterocycles. The molecule has 0 aliphatic carbocycles. The van der Waals surface area contributed by atoms with Crippen LogP contribution in [0, 0.1) is 6.92 Å². The first kappa shape index (κ1) is 21.1. The predicted octanol–water partition coefficient (Wildman–Crippen LogP) is 2.66. The van der Waals surface area contributed by atoms with E-state index in [1.807, 2.05) is 36.1 Å². The van der Waals surface area contributed by atoms with Crippen LogP contribution < -0.4 is 10.1 Å². The lowest BCUT2D eigenvalue weighted by molar-refractivity contribution is -0.137. The van der Waals surface area contributed by atoms with Crippen molar-refractivity contribution in [2.24, 2.45) is 0 Å². The third-order valence-electron chi connectivity index (χ3n) is 5.99. The van der Waals surface area contributed by atoms with Crippen molar-refractivity contribution < 1.29 is 24.2 Å². The summed E-state index contributed by atoms with van der Waals surface area (Å²) in [4.78, 5) is 37.2. The van der Waals surface area contributed by atoms with Gasteiger partial charge in [0, 0.05) is 50.7 Å². The lowest BCUT2D eigenvalue weighted by Crippen LogP contribution is -2.45. The Morgan fingerprint density at radius 1 is 1.17 bits per heavy atom. The van der Waals surface area contributed by atoms with E-state index in [-0.39, 0.29) is 24.3 Å². The molecule has 29 heavy (non-hydrogen) atoms. The molecule has 1 atom stereocenters. The highest BCUT2D eigenvalue weighted by Crippen LogP contribution is 2.31. The molecule has 2 fully saturated rings. The largest absolute Gasteiger partial charge is 0.490 e. The Bertz CT molecular complexity index is 740. The standard InChI is InChI=1S/C22H30N2O5/c1-16-2-4-17(5-3-16)29-18-9-14-24(15-10-18)20(26)7-12-22(13-8-21(27)28)11-6-19(25)23-22/h2-5,18H,6-15H2,1H3,(H,23,25)(H,27,28)/t22-/m1/s1. The van der Waals surface area contributed by atoms with Crippen LogP contribution >= 0.6 is 0 Å². The van der Waals surface area contributed by atoms with Crippen LogP contribution in [0.25, 0.3) is 0 Å². The molecule has 0 spiro atoms. The lowest BCUT2D eigenvalue weighted by atomic mass is 9.86. The molecule has 2 aliphatic rings. The van der Waals surface area contributed by atoms with Gasteiger partial charge >= 0.3 is 5.97 Å². The first-order chi connectivity index (χ1) is 13.8. The van der Waals surface area contributed by atoms with Crippen molar-refractivity contribution in [1.29, 1.82) is 0 Å². The van der Waals surface area contributed by atoms with Crippen molar-refractivity contribution in [3.8, 4) is 5.75 Å². The van der Waals surface area contributed by atoms with E-state index >= 15 is 0 Å². The Hall–Kier alpha value is -2.57. The maximum Gasteiger partial charge on any atom is 0.303 e. The Kier molecular flexibility index (Phi) is 6.77. The van der Waals surface area contributed by atoms with Gasteiger partial charge in [-0.15, -0.1) is 0 Å². The molecule has 1 aromatic carbocycles. The molecule has 0 aromatic heterocycles. The summed E-state index contributed by atoms with van der Waals surface area (Å²) in [5.74, 6) is -0.0169. The Balaban J connectivity index is 1.45. The second kappa shape index (κ2) is 9.29. The number of carbonyl (C=O) groups excluding carboxylic acids is 2. The van der Waals surface area contributed by atoms with E-state index in [1.165, 1.54) is 5.56 Å². The van der Waals surface area contributed by atoms with Gasteiger partial charge in [-0.05, 0) is 38.3 Å². The number of carboxylic acids is 1. The lowest BCUT2D eigenvalue weighted by Gasteiger charge is -2.34. The monoisotopic (exact) mass is 402 g/mol. The van der Waals surface area contributed by atoms with E-state index in [2.05, 4.69) is 5.32 Å². The SMILES string of the molecule is Cc1ccc(OC2CCN(C(=O)CC[C@@]3(CCC(=O)O)CCC(=O)N3)CC2)cc1. The molecular weight excluding hydrogens is 372 g/mol. The summed E-state index contributed by atoms with van der Waals surface area (Å²) in [5.41, 5.74) is 0.634. The molecule has 2 saturated heterocycles. The normalized spacial score (nSPS) is 22.4. The van der Waals surface area contributed by atoms with Crippen LogP contribution in [-0.4, -0.2) is 52.5 Å². The fraction of sp³-hybridized carbons (Fsp3) is 0.591. The van der Waals surface area contributed by atoms with Crippen molar-refractivity contribution in [2.75, 3.05) is 13.1 Å². The van der Waals surface area contributed by atoms with Crippen LogP contribution in [0.2, 0.25) is 0 Å². The molecule has 0 unspecified atom stereocenters. The quantitative estimate of drug-likeness (QED) is 0.697. The topological polar surface area (TPSA) is 95.9 Å². The number of carboxylic acid groups (broad SMARTS) is 1. The van der Waals surface area contributed by atoms with E-state index in [0.29, 0.717) is 45.2 Å². The van der Waals surface area contributed by atoms with E-state index in [4.69, 9.17) is 9.84 Å². The van der Waals surface area contributed by atoms with Crippen LogP contribution in [0.4, 0.5) is 0 Å².